The number of hydrogen-bond donors (Lipinski definition) is 2. The smallest absolute Gasteiger partial charge is 0.258 e. The number of aliphatic hydroxyl groups excluding tert-OH is 1. The summed E-state index contributed by atoms with van der Waals surface area (Å²) in [6.07, 6.45) is 1.11. The lowest BCUT2D eigenvalue weighted by molar-refractivity contribution is -0.124. The van der Waals surface area contributed by atoms with E-state index in [0.717, 1.165) is 18.4 Å². The lowest BCUT2D eigenvalue weighted by Gasteiger charge is -2.23. The zero-order valence-electron chi connectivity index (χ0n) is 11.7. The van der Waals surface area contributed by atoms with Gasteiger partial charge < -0.3 is 24.6 Å². The van der Waals surface area contributed by atoms with Crippen LogP contribution in [0.1, 0.15) is 24.5 Å². The molecule has 0 saturated carbocycles. The standard InChI is InChI=1S/C15H19NO5/c17-13-8-21-14-7-11(1-2-12(13)14)20-9-15(18)16-10-3-5-19-6-4-10/h1-2,7,10,13,17H,3-6,8-9H2,(H,16,18). The van der Waals surface area contributed by atoms with Crippen LogP contribution in [0.3, 0.4) is 0 Å². The Morgan fingerprint density at radius 1 is 1.38 bits per heavy atom. The minimum atomic E-state index is -0.578. The zero-order chi connectivity index (χ0) is 14.7. The molecule has 2 aliphatic heterocycles. The number of hydrogen-bond acceptors (Lipinski definition) is 5. The second-order valence-corrected chi connectivity index (χ2v) is 5.27. The molecule has 2 N–H and O–H groups in total. The average Bonchev–Trinajstić information content (AvgIpc) is 2.87. The van der Waals surface area contributed by atoms with Crippen molar-refractivity contribution in [2.75, 3.05) is 26.4 Å². The van der Waals surface area contributed by atoms with Crippen LogP contribution >= 0.6 is 0 Å². The molecule has 1 saturated heterocycles. The summed E-state index contributed by atoms with van der Waals surface area (Å²) in [5.41, 5.74) is 0.758. The number of carbonyl (C=O) groups excluding carboxylic acids is 1. The average molecular weight is 293 g/mol. The highest BCUT2D eigenvalue weighted by atomic mass is 16.5. The van der Waals surface area contributed by atoms with Crippen molar-refractivity contribution < 1.29 is 24.1 Å². The number of rotatable bonds is 4. The van der Waals surface area contributed by atoms with Crippen molar-refractivity contribution in [3.05, 3.63) is 23.8 Å². The lowest BCUT2D eigenvalue weighted by Crippen LogP contribution is -2.41. The molecule has 0 bridgehead atoms. The maximum atomic E-state index is 11.8. The minimum absolute atomic E-state index is 0.0291. The van der Waals surface area contributed by atoms with E-state index in [1.165, 1.54) is 0 Å². The van der Waals surface area contributed by atoms with Crippen LogP contribution in [0, 0.1) is 0 Å². The number of benzene rings is 1. The second kappa shape index (κ2) is 6.32. The molecule has 114 valence electrons. The normalized spacial score (nSPS) is 21.5. The minimum Gasteiger partial charge on any atom is -0.490 e. The van der Waals surface area contributed by atoms with Gasteiger partial charge in [-0.2, -0.15) is 0 Å². The summed E-state index contributed by atoms with van der Waals surface area (Å²) in [7, 11) is 0. The summed E-state index contributed by atoms with van der Waals surface area (Å²) in [6.45, 7) is 1.62. The Balaban J connectivity index is 1.49. The second-order valence-electron chi connectivity index (χ2n) is 5.27. The van der Waals surface area contributed by atoms with Gasteiger partial charge in [0.25, 0.3) is 5.91 Å². The number of aliphatic hydroxyl groups is 1. The quantitative estimate of drug-likeness (QED) is 0.858. The third-order valence-corrected chi connectivity index (χ3v) is 3.70. The van der Waals surface area contributed by atoms with Crippen LogP contribution in [0.15, 0.2) is 18.2 Å². The molecule has 6 nitrogen and oxygen atoms in total. The fraction of sp³-hybridized carbons (Fsp3) is 0.533. The van der Waals surface area contributed by atoms with E-state index in [4.69, 9.17) is 14.2 Å². The van der Waals surface area contributed by atoms with Gasteiger partial charge >= 0.3 is 0 Å². The number of amides is 1. The van der Waals surface area contributed by atoms with Crippen molar-refractivity contribution >= 4 is 5.91 Å². The highest BCUT2D eigenvalue weighted by Crippen LogP contribution is 2.34. The molecule has 1 atom stereocenters. The van der Waals surface area contributed by atoms with E-state index in [9.17, 15) is 9.90 Å². The van der Waals surface area contributed by atoms with Gasteiger partial charge in [-0.25, -0.2) is 0 Å². The predicted octanol–water partition coefficient (Wildman–Crippen LogP) is 0.786. The van der Waals surface area contributed by atoms with E-state index in [1.54, 1.807) is 18.2 Å². The van der Waals surface area contributed by atoms with Gasteiger partial charge in [0.05, 0.1) is 0 Å². The Labute approximate surface area is 123 Å². The summed E-state index contributed by atoms with van der Waals surface area (Å²) < 4.78 is 16.0. The molecule has 1 fully saturated rings. The number of fused-ring (bicyclic) bond motifs is 1. The van der Waals surface area contributed by atoms with E-state index in [0.29, 0.717) is 24.7 Å². The lowest BCUT2D eigenvalue weighted by atomic mass is 10.1. The molecule has 0 aliphatic carbocycles. The first-order valence-electron chi connectivity index (χ1n) is 7.17. The molecule has 1 unspecified atom stereocenters. The first kappa shape index (κ1) is 14.2. The molecule has 0 spiro atoms. The van der Waals surface area contributed by atoms with Crippen LogP contribution in [0.5, 0.6) is 11.5 Å². The van der Waals surface area contributed by atoms with E-state index in [-0.39, 0.29) is 25.2 Å². The zero-order valence-corrected chi connectivity index (χ0v) is 11.7. The van der Waals surface area contributed by atoms with Crippen LogP contribution in [0.2, 0.25) is 0 Å². The van der Waals surface area contributed by atoms with Crippen molar-refractivity contribution in [3.63, 3.8) is 0 Å². The molecule has 2 heterocycles. The summed E-state index contributed by atoms with van der Waals surface area (Å²) >= 11 is 0. The Kier molecular flexibility index (Phi) is 4.26. The number of nitrogens with one attached hydrogen (secondary N) is 1. The van der Waals surface area contributed by atoms with Gasteiger partial charge in [0.15, 0.2) is 6.61 Å². The molecule has 6 heteroatoms. The van der Waals surface area contributed by atoms with Crippen molar-refractivity contribution in [1.29, 1.82) is 0 Å². The Morgan fingerprint density at radius 2 is 2.19 bits per heavy atom. The first-order valence-corrected chi connectivity index (χ1v) is 7.17. The SMILES string of the molecule is O=C(COc1ccc2c(c1)OCC2O)NC1CCOCC1. The van der Waals surface area contributed by atoms with Crippen LogP contribution in [0.4, 0.5) is 0 Å². The van der Waals surface area contributed by atoms with Crippen LogP contribution < -0.4 is 14.8 Å². The van der Waals surface area contributed by atoms with E-state index >= 15 is 0 Å². The topological polar surface area (TPSA) is 77.0 Å². The third-order valence-electron chi connectivity index (χ3n) is 3.70. The van der Waals surface area contributed by atoms with Crippen molar-refractivity contribution in [3.8, 4) is 11.5 Å². The van der Waals surface area contributed by atoms with E-state index in [2.05, 4.69) is 5.32 Å². The van der Waals surface area contributed by atoms with Crippen molar-refractivity contribution in [1.82, 2.24) is 5.32 Å². The van der Waals surface area contributed by atoms with Gasteiger partial charge in [0.2, 0.25) is 0 Å². The summed E-state index contributed by atoms with van der Waals surface area (Å²) in [5, 5.41) is 12.6. The van der Waals surface area contributed by atoms with Crippen molar-refractivity contribution in [2.24, 2.45) is 0 Å². The summed E-state index contributed by atoms with van der Waals surface area (Å²) in [6, 6.07) is 5.37. The Morgan fingerprint density at radius 3 is 3.00 bits per heavy atom. The first-order chi connectivity index (χ1) is 10.2. The van der Waals surface area contributed by atoms with Gasteiger partial charge in [-0.15, -0.1) is 0 Å². The summed E-state index contributed by atoms with van der Waals surface area (Å²) in [5.74, 6) is 1.04. The monoisotopic (exact) mass is 293 g/mol. The van der Waals surface area contributed by atoms with Gasteiger partial charge in [0, 0.05) is 30.9 Å². The van der Waals surface area contributed by atoms with Gasteiger partial charge in [-0.1, -0.05) is 0 Å². The number of carbonyl (C=O) groups is 1. The highest BCUT2D eigenvalue weighted by Gasteiger charge is 2.22. The Hall–Kier alpha value is -1.79. The fourth-order valence-electron chi connectivity index (χ4n) is 2.52. The molecular formula is C15H19NO5. The molecular weight excluding hydrogens is 274 g/mol. The molecule has 0 aromatic heterocycles. The summed E-state index contributed by atoms with van der Waals surface area (Å²) in [4.78, 5) is 11.8. The van der Waals surface area contributed by atoms with Gasteiger partial charge in [0.1, 0.15) is 24.2 Å². The van der Waals surface area contributed by atoms with Crippen LogP contribution in [0.25, 0.3) is 0 Å². The molecule has 21 heavy (non-hydrogen) atoms. The molecule has 1 aromatic rings. The molecule has 1 amide bonds. The highest BCUT2D eigenvalue weighted by molar-refractivity contribution is 5.77. The molecule has 0 radical (unpaired) electrons. The van der Waals surface area contributed by atoms with Gasteiger partial charge in [-0.05, 0) is 25.0 Å². The largest absolute Gasteiger partial charge is 0.490 e. The third kappa shape index (κ3) is 3.46. The predicted molar refractivity (Wildman–Crippen MR) is 74.4 cm³/mol. The molecule has 2 aliphatic rings. The van der Waals surface area contributed by atoms with E-state index in [1.807, 2.05) is 0 Å². The Bertz CT molecular complexity index is 513. The molecule has 3 rings (SSSR count). The fourth-order valence-corrected chi connectivity index (χ4v) is 2.52. The van der Waals surface area contributed by atoms with E-state index < -0.39 is 6.10 Å². The van der Waals surface area contributed by atoms with Gasteiger partial charge in [-0.3, -0.25) is 4.79 Å². The maximum absolute atomic E-state index is 11.8. The van der Waals surface area contributed by atoms with Crippen molar-refractivity contribution in [2.45, 2.75) is 25.0 Å². The van der Waals surface area contributed by atoms with Crippen LogP contribution in [-0.2, 0) is 9.53 Å². The molecule has 1 aromatic carbocycles. The van der Waals surface area contributed by atoms with Crippen LogP contribution in [-0.4, -0.2) is 43.5 Å². The maximum Gasteiger partial charge on any atom is 0.258 e. The number of ether oxygens (including phenoxy) is 3.